The number of carbonyl (C=O) groups is 1. The van der Waals surface area contributed by atoms with Crippen LogP contribution in [0.5, 0.6) is 0 Å². The number of hydrogen-bond acceptors (Lipinski definition) is 3. The van der Waals surface area contributed by atoms with E-state index in [2.05, 4.69) is 15.5 Å². The summed E-state index contributed by atoms with van der Waals surface area (Å²) in [4.78, 5) is 12.1. The third-order valence-corrected chi connectivity index (χ3v) is 4.63. The molecule has 0 bridgehead atoms. The fraction of sp³-hybridized carbons (Fsp3) is 0.562. The Morgan fingerprint density at radius 3 is 2.69 bits per heavy atom. The van der Waals surface area contributed by atoms with E-state index < -0.39 is 17.8 Å². The van der Waals surface area contributed by atoms with Gasteiger partial charge in [-0.05, 0) is 32.3 Å². The molecule has 0 unspecified atom stereocenters. The Kier molecular flexibility index (Phi) is 5.27. The van der Waals surface area contributed by atoms with E-state index in [1.807, 2.05) is 17.7 Å². The van der Waals surface area contributed by atoms with Crippen LogP contribution in [0, 0.1) is 6.92 Å². The Hall–Kier alpha value is -2.03. The fourth-order valence-electron chi connectivity index (χ4n) is 2.78. The van der Waals surface area contributed by atoms with Crippen molar-refractivity contribution in [3.05, 3.63) is 34.4 Å². The van der Waals surface area contributed by atoms with Crippen LogP contribution in [0.1, 0.15) is 42.3 Å². The van der Waals surface area contributed by atoms with Crippen LogP contribution in [0.2, 0.25) is 5.02 Å². The van der Waals surface area contributed by atoms with E-state index in [-0.39, 0.29) is 17.5 Å². The number of aryl methyl sites for hydroxylation is 2. The van der Waals surface area contributed by atoms with Crippen molar-refractivity contribution in [1.29, 1.82) is 0 Å². The first-order valence-corrected chi connectivity index (χ1v) is 8.73. The number of rotatable bonds is 7. The van der Waals surface area contributed by atoms with E-state index in [1.165, 1.54) is 0 Å². The van der Waals surface area contributed by atoms with Gasteiger partial charge < -0.3 is 5.32 Å². The molecule has 0 radical (unpaired) electrons. The van der Waals surface area contributed by atoms with Crippen molar-refractivity contribution >= 4 is 17.5 Å². The van der Waals surface area contributed by atoms with Gasteiger partial charge in [-0.25, -0.2) is 0 Å². The Labute approximate surface area is 153 Å². The molecule has 6 nitrogen and oxygen atoms in total. The zero-order valence-corrected chi connectivity index (χ0v) is 14.9. The van der Waals surface area contributed by atoms with Crippen molar-refractivity contribution in [3.63, 3.8) is 0 Å². The number of nitrogens with one attached hydrogen (secondary N) is 1. The Morgan fingerprint density at radius 1 is 1.38 bits per heavy atom. The number of halogens is 4. The van der Waals surface area contributed by atoms with Crippen molar-refractivity contribution < 1.29 is 18.0 Å². The van der Waals surface area contributed by atoms with E-state index in [4.69, 9.17) is 11.6 Å². The third-order valence-electron chi connectivity index (χ3n) is 4.26. The molecule has 1 N–H and O–H groups in total. The minimum Gasteiger partial charge on any atom is -0.354 e. The van der Waals surface area contributed by atoms with Gasteiger partial charge in [0.2, 0.25) is 5.91 Å². The van der Waals surface area contributed by atoms with Crippen LogP contribution in [-0.2, 0) is 24.1 Å². The second-order valence-corrected chi connectivity index (χ2v) is 6.75. The van der Waals surface area contributed by atoms with Gasteiger partial charge in [0.1, 0.15) is 6.54 Å². The van der Waals surface area contributed by atoms with Gasteiger partial charge in [0.15, 0.2) is 5.69 Å². The van der Waals surface area contributed by atoms with E-state index in [0.717, 1.165) is 23.2 Å². The predicted octanol–water partition coefficient (Wildman–Crippen LogP) is 3.14. The Morgan fingerprint density at radius 2 is 2.12 bits per heavy atom. The van der Waals surface area contributed by atoms with Crippen LogP contribution in [0.15, 0.2) is 12.3 Å². The van der Waals surface area contributed by atoms with Crippen molar-refractivity contribution in [2.75, 3.05) is 6.54 Å². The molecule has 10 heteroatoms. The molecule has 0 aliphatic heterocycles. The summed E-state index contributed by atoms with van der Waals surface area (Å²) in [5, 5.41) is 10.0. The zero-order chi connectivity index (χ0) is 18.9. The molecule has 2 heterocycles. The number of amides is 1. The van der Waals surface area contributed by atoms with Crippen molar-refractivity contribution in [1.82, 2.24) is 24.9 Å². The number of nitrogens with zero attached hydrogens (tertiary/aromatic N) is 4. The molecule has 3 rings (SSSR count). The lowest BCUT2D eigenvalue weighted by atomic mass is 10.2. The van der Waals surface area contributed by atoms with Gasteiger partial charge in [0, 0.05) is 30.9 Å². The minimum absolute atomic E-state index is 0.0540. The second-order valence-electron chi connectivity index (χ2n) is 6.38. The molecule has 26 heavy (non-hydrogen) atoms. The first kappa shape index (κ1) is 18.8. The summed E-state index contributed by atoms with van der Waals surface area (Å²) in [7, 11) is 0. The van der Waals surface area contributed by atoms with Gasteiger partial charge >= 0.3 is 6.18 Å². The average Bonchev–Trinajstić information content (AvgIpc) is 3.21. The smallest absolute Gasteiger partial charge is 0.354 e. The highest BCUT2D eigenvalue weighted by Crippen LogP contribution is 2.46. The fourth-order valence-corrected chi connectivity index (χ4v) is 3.18. The summed E-state index contributed by atoms with van der Waals surface area (Å²) in [6, 6.07) is 1.89. The average molecular weight is 390 g/mol. The summed E-state index contributed by atoms with van der Waals surface area (Å²) in [5.74, 6) is -0.446. The molecule has 1 fully saturated rings. The van der Waals surface area contributed by atoms with Gasteiger partial charge in [0.25, 0.3) is 0 Å². The Balaban J connectivity index is 1.58. The van der Waals surface area contributed by atoms with Crippen LogP contribution in [-0.4, -0.2) is 32.0 Å². The lowest BCUT2D eigenvalue weighted by Gasteiger charge is -2.09. The third kappa shape index (κ3) is 4.20. The van der Waals surface area contributed by atoms with Gasteiger partial charge in [-0.15, -0.1) is 0 Å². The summed E-state index contributed by atoms with van der Waals surface area (Å²) in [6.45, 7) is 2.71. The highest BCUT2D eigenvalue weighted by Gasteiger charge is 2.42. The summed E-state index contributed by atoms with van der Waals surface area (Å²) < 4.78 is 41.9. The topological polar surface area (TPSA) is 64.7 Å². The van der Waals surface area contributed by atoms with Crippen LogP contribution in [0.4, 0.5) is 13.2 Å². The molecule has 1 saturated carbocycles. The molecule has 0 atom stereocenters. The standard InChI is InChI=1S/C16H19ClF3N5O/c1-10-5-7-22-24(10)8-2-6-21-12(26)9-25-14(11-3-4-11)13(17)15(23-25)16(18,19)20/h5,7,11H,2-4,6,8-9H2,1H3,(H,21,26). The number of alkyl halides is 3. The molecule has 1 amide bonds. The largest absolute Gasteiger partial charge is 0.436 e. The van der Waals surface area contributed by atoms with Crippen molar-refractivity contribution in [3.8, 4) is 0 Å². The molecule has 0 spiro atoms. The maximum Gasteiger partial charge on any atom is 0.436 e. The molecule has 0 aromatic carbocycles. The number of carbonyl (C=O) groups excluding carboxylic acids is 1. The monoisotopic (exact) mass is 389 g/mol. The minimum atomic E-state index is -4.63. The van der Waals surface area contributed by atoms with Crippen LogP contribution in [0.3, 0.4) is 0 Å². The predicted molar refractivity (Wildman–Crippen MR) is 88.8 cm³/mol. The highest BCUT2D eigenvalue weighted by atomic mass is 35.5. The number of aromatic nitrogens is 4. The number of hydrogen-bond donors (Lipinski definition) is 1. The summed E-state index contributed by atoms with van der Waals surface area (Å²) in [6.07, 6.45) is -0.754. The lowest BCUT2D eigenvalue weighted by Crippen LogP contribution is -2.30. The van der Waals surface area contributed by atoms with Crippen LogP contribution in [0.25, 0.3) is 0 Å². The molecule has 0 saturated heterocycles. The quantitative estimate of drug-likeness (QED) is 0.740. The molecular formula is C16H19ClF3N5O. The van der Waals surface area contributed by atoms with Gasteiger partial charge in [0.05, 0.1) is 10.7 Å². The second kappa shape index (κ2) is 7.30. The normalized spacial score (nSPS) is 14.7. The molecule has 1 aliphatic carbocycles. The van der Waals surface area contributed by atoms with Crippen LogP contribution >= 0.6 is 11.6 Å². The van der Waals surface area contributed by atoms with E-state index in [9.17, 15) is 18.0 Å². The molecule has 1 aliphatic rings. The van der Waals surface area contributed by atoms with Gasteiger partial charge in [-0.1, -0.05) is 11.6 Å². The summed E-state index contributed by atoms with van der Waals surface area (Å²) >= 11 is 5.89. The maximum atomic E-state index is 13.0. The van der Waals surface area contributed by atoms with Crippen molar-refractivity contribution in [2.45, 2.75) is 51.4 Å². The lowest BCUT2D eigenvalue weighted by molar-refractivity contribution is -0.141. The van der Waals surface area contributed by atoms with Crippen molar-refractivity contribution in [2.24, 2.45) is 0 Å². The molecular weight excluding hydrogens is 371 g/mol. The molecule has 2 aromatic heterocycles. The summed E-state index contributed by atoms with van der Waals surface area (Å²) in [5.41, 5.74) is 0.209. The SMILES string of the molecule is Cc1ccnn1CCCNC(=O)Cn1nc(C(F)(F)F)c(Cl)c1C1CC1. The highest BCUT2D eigenvalue weighted by molar-refractivity contribution is 6.32. The van der Waals surface area contributed by atoms with Gasteiger partial charge in [-0.3, -0.25) is 14.2 Å². The van der Waals surface area contributed by atoms with E-state index in [0.29, 0.717) is 25.2 Å². The Bertz CT molecular complexity index is 794. The van der Waals surface area contributed by atoms with E-state index >= 15 is 0 Å². The van der Waals surface area contributed by atoms with E-state index in [1.54, 1.807) is 6.20 Å². The zero-order valence-electron chi connectivity index (χ0n) is 14.2. The maximum absolute atomic E-state index is 13.0. The molecule has 2 aromatic rings. The van der Waals surface area contributed by atoms with Gasteiger partial charge in [-0.2, -0.15) is 23.4 Å². The molecule has 142 valence electrons. The first-order chi connectivity index (χ1) is 12.3. The first-order valence-electron chi connectivity index (χ1n) is 8.36. The van der Waals surface area contributed by atoms with Crippen LogP contribution < -0.4 is 5.32 Å².